The molecule has 3 saturated heterocycles. The predicted molar refractivity (Wildman–Crippen MR) is 163 cm³/mol. The Morgan fingerprint density at radius 3 is 2.60 bits per heavy atom. The van der Waals surface area contributed by atoms with Crippen LogP contribution >= 0.6 is 15.9 Å². The summed E-state index contributed by atoms with van der Waals surface area (Å²) in [7, 11) is 0. The molecular formula is C33H43BrN2O6. The van der Waals surface area contributed by atoms with E-state index in [4.69, 9.17) is 9.47 Å². The Labute approximate surface area is 257 Å². The van der Waals surface area contributed by atoms with Crippen molar-refractivity contribution in [1.82, 2.24) is 9.80 Å². The molecule has 0 aromatic heterocycles. The molecule has 2 amide bonds. The van der Waals surface area contributed by atoms with Gasteiger partial charge in [-0.2, -0.15) is 0 Å². The van der Waals surface area contributed by atoms with Crippen molar-refractivity contribution in [2.75, 3.05) is 19.8 Å². The summed E-state index contributed by atoms with van der Waals surface area (Å²) in [6.07, 6.45) is 10.1. The summed E-state index contributed by atoms with van der Waals surface area (Å²) in [6.45, 7) is 7.91. The molecule has 3 heterocycles. The number of aliphatic hydroxyl groups is 1. The van der Waals surface area contributed by atoms with Crippen LogP contribution in [0.25, 0.3) is 0 Å². The molecule has 0 radical (unpaired) electrons. The molecule has 5 rings (SSSR count). The zero-order chi connectivity index (χ0) is 29.9. The second kappa shape index (κ2) is 13.4. The van der Waals surface area contributed by atoms with Gasteiger partial charge >= 0.3 is 5.97 Å². The van der Waals surface area contributed by atoms with Crippen LogP contribution in [0.2, 0.25) is 0 Å². The Morgan fingerprint density at radius 2 is 1.93 bits per heavy atom. The molecule has 3 unspecified atom stereocenters. The number of aliphatic hydroxyl groups excluding tert-OH is 1. The van der Waals surface area contributed by atoms with E-state index in [0.717, 1.165) is 37.7 Å². The van der Waals surface area contributed by atoms with E-state index in [0.29, 0.717) is 32.2 Å². The van der Waals surface area contributed by atoms with E-state index in [-0.39, 0.29) is 35.9 Å². The van der Waals surface area contributed by atoms with Gasteiger partial charge in [-0.25, -0.2) is 0 Å². The lowest BCUT2D eigenvalue weighted by Crippen LogP contribution is -2.60. The number of allylic oxidation sites excluding steroid dienone is 1. The summed E-state index contributed by atoms with van der Waals surface area (Å²) in [5, 5.41) is 10.7. The van der Waals surface area contributed by atoms with E-state index >= 15 is 0 Å². The molecular weight excluding hydrogens is 600 g/mol. The van der Waals surface area contributed by atoms with Crippen LogP contribution in [-0.2, 0) is 30.3 Å². The number of amides is 2. The highest BCUT2D eigenvalue weighted by Gasteiger charge is 2.77. The highest BCUT2D eigenvalue weighted by atomic mass is 79.9. The van der Waals surface area contributed by atoms with Crippen LogP contribution in [0.15, 0.2) is 55.6 Å². The number of carbonyl (C=O) groups excluding carboxylic acids is 3. The van der Waals surface area contributed by atoms with Gasteiger partial charge in [0, 0.05) is 17.4 Å². The second-order valence-corrected chi connectivity index (χ2v) is 13.3. The zero-order valence-corrected chi connectivity index (χ0v) is 25.8. The first kappa shape index (κ1) is 31.0. The lowest BCUT2D eigenvalue weighted by molar-refractivity contribution is -0.157. The maximum Gasteiger partial charge on any atom is 0.312 e. The molecule has 42 heavy (non-hydrogen) atoms. The standard InChI is InChI=1S/C33H43BrN2O6/c1-3-5-12-18-41-32(40)26-27-30(38)36(24(21-37)19-22-13-8-6-9-14-22)29(33(27)20-25(34)28(26)42-33)31(39)35(17-4-2)23-15-10-7-11-16-23/h3-4,6,8-9,13-14,23-29,37H,1-2,5,7,10-12,15-21H2/t24-,25?,26+,27+,28+,29?,33?/m1/s1. The second-order valence-electron chi connectivity index (χ2n) is 12.1. The summed E-state index contributed by atoms with van der Waals surface area (Å²) in [5.74, 6) is -2.68. The van der Waals surface area contributed by atoms with E-state index < -0.39 is 41.6 Å². The number of alkyl halides is 1. The molecule has 1 aromatic carbocycles. The molecule has 4 fully saturated rings. The minimum absolute atomic E-state index is 0.0438. The summed E-state index contributed by atoms with van der Waals surface area (Å²) >= 11 is 3.73. The van der Waals surface area contributed by atoms with Crippen molar-refractivity contribution in [1.29, 1.82) is 0 Å². The molecule has 1 N–H and O–H groups in total. The molecule has 228 valence electrons. The zero-order valence-electron chi connectivity index (χ0n) is 24.2. The smallest absolute Gasteiger partial charge is 0.312 e. The first-order valence-electron chi connectivity index (χ1n) is 15.4. The molecule has 4 aliphatic rings. The van der Waals surface area contributed by atoms with Gasteiger partial charge in [-0.3, -0.25) is 14.4 Å². The Bertz CT molecular complexity index is 1160. The van der Waals surface area contributed by atoms with Gasteiger partial charge in [-0.05, 0) is 44.1 Å². The molecule has 9 heteroatoms. The van der Waals surface area contributed by atoms with Crippen LogP contribution in [0.4, 0.5) is 0 Å². The molecule has 7 atom stereocenters. The fraction of sp³-hybridized carbons (Fsp3) is 0.606. The van der Waals surface area contributed by atoms with Crippen LogP contribution in [0, 0.1) is 11.8 Å². The van der Waals surface area contributed by atoms with Gasteiger partial charge < -0.3 is 24.4 Å². The summed E-state index contributed by atoms with van der Waals surface area (Å²) in [4.78, 5) is 46.1. The van der Waals surface area contributed by atoms with Crippen LogP contribution in [0.1, 0.15) is 56.9 Å². The molecule has 1 saturated carbocycles. The third kappa shape index (κ3) is 5.60. The van der Waals surface area contributed by atoms with Gasteiger partial charge in [-0.15, -0.1) is 13.2 Å². The van der Waals surface area contributed by atoms with Crippen molar-refractivity contribution in [3.05, 3.63) is 61.2 Å². The number of esters is 1. The molecule has 3 aliphatic heterocycles. The number of fused-ring (bicyclic) bond motifs is 1. The number of benzene rings is 1. The Balaban J connectivity index is 1.54. The minimum atomic E-state index is -1.20. The number of likely N-dealkylation sites (tertiary alicyclic amines) is 1. The third-order valence-corrected chi connectivity index (χ3v) is 10.4. The molecule has 2 bridgehead atoms. The number of nitrogens with zero attached hydrogens (tertiary/aromatic N) is 2. The molecule has 8 nitrogen and oxygen atoms in total. The minimum Gasteiger partial charge on any atom is -0.465 e. The molecule has 1 aromatic rings. The number of hydrogen-bond donors (Lipinski definition) is 1. The van der Waals surface area contributed by atoms with Gasteiger partial charge in [0.2, 0.25) is 11.8 Å². The number of halogens is 1. The summed E-state index contributed by atoms with van der Waals surface area (Å²) < 4.78 is 12.3. The van der Waals surface area contributed by atoms with Crippen molar-refractivity contribution in [3.8, 4) is 0 Å². The van der Waals surface area contributed by atoms with Gasteiger partial charge in [0.15, 0.2) is 0 Å². The SMILES string of the molecule is C=CCCCOC(=O)[C@H]1[C@H]2C(=O)N([C@@H](CO)Cc3ccccc3)C(C(=O)N(CC=C)C3CCCCC3)C23CC(Br)[C@@H]1O3. The fourth-order valence-corrected chi connectivity index (χ4v) is 8.69. The highest BCUT2D eigenvalue weighted by molar-refractivity contribution is 9.09. The quantitative estimate of drug-likeness (QED) is 0.150. The van der Waals surface area contributed by atoms with Crippen LogP contribution in [0.3, 0.4) is 0 Å². The fourth-order valence-electron chi connectivity index (χ4n) is 7.75. The first-order chi connectivity index (χ1) is 20.4. The largest absolute Gasteiger partial charge is 0.465 e. The van der Waals surface area contributed by atoms with E-state index in [1.807, 2.05) is 35.2 Å². The average Bonchev–Trinajstić information content (AvgIpc) is 3.60. The van der Waals surface area contributed by atoms with Crippen LogP contribution in [0.5, 0.6) is 0 Å². The maximum atomic E-state index is 14.8. The monoisotopic (exact) mass is 642 g/mol. The van der Waals surface area contributed by atoms with Crippen molar-refractivity contribution >= 4 is 33.7 Å². The highest BCUT2D eigenvalue weighted by Crippen LogP contribution is 2.61. The van der Waals surface area contributed by atoms with Gasteiger partial charge in [-0.1, -0.05) is 77.7 Å². The number of rotatable bonds is 13. The molecule has 1 aliphatic carbocycles. The van der Waals surface area contributed by atoms with Crippen molar-refractivity contribution in [2.45, 2.75) is 92.4 Å². The van der Waals surface area contributed by atoms with Crippen molar-refractivity contribution in [2.24, 2.45) is 11.8 Å². The first-order valence-corrected chi connectivity index (χ1v) is 16.3. The number of hydrogen-bond acceptors (Lipinski definition) is 6. The summed E-state index contributed by atoms with van der Waals surface area (Å²) in [6, 6.07) is 8.06. The number of carbonyl (C=O) groups is 3. The number of ether oxygens (including phenoxy) is 2. The molecule has 1 spiro atoms. The predicted octanol–water partition coefficient (Wildman–Crippen LogP) is 4.19. The van der Waals surface area contributed by atoms with Gasteiger partial charge in [0.25, 0.3) is 0 Å². The summed E-state index contributed by atoms with van der Waals surface area (Å²) in [5.41, 5.74) is -0.252. The van der Waals surface area contributed by atoms with Gasteiger partial charge in [0.1, 0.15) is 11.6 Å². The van der Waals surface area contributed by atoms with E-state index in [9.17, 15) is 19.5 Å². The number of unbranched alkanes of at least 4 members (excludes halogenated alkanes) is 1. The Morgan fingerprint density at radius 1 is 1.19 bits per heavy atom. The maximum absolute atomic E-state index is 14.8. The lowest BCUT2D eigenvalue weighted by atomic mass is 9.70. The van der Waals surface area contributed by atoms with E-state index in [1.165, 1.54) is 0 Å². The lowest BCUT2D eigenvalue weighted by Gasteiger charge is -2.42. The topological polar surface area (TPSA) is 96.4 Å². The third-order valence-electron chi connectivity index (χ3n) is 9.57. The van der Waals surface area contributed by atoms with Crippen LogP contribution in [-0.4, -0.2) is 87.1 Å². The van der Waals surface area contributed by atoms with Crippen molar-refractivity contribution in [3.63, 3.8) is 0 Å². The normalized spacial score (nSPS) is 31.0. The Kier molecular flexibility index (Phi) is 9.90. The Hall–Kier alpha value is -2.49. The van der Waals surface area contributed by atoms with E-state index in [2.05, 4.69) is 29.1 Å². The van der Waals surface area contributed by atoms with Gasteiger partial charge in [0.05, 0.1) is 37.2 Å². The van der Waals surface area contributed by atoms with Crippen LogP contribution < -0.4 is 0 Å². The van der Waals surface area contributed by atoms with Crippen molar-refractivity contribution < 1.29 is 29.0 Å². The average molecular weight is 644 g/mol. The van der Waals surface area contributed by atoms with E-state index in [1.54, 1.807) is 17.1 Å².